The summed E-state index contributed by atoms with van der Waals surface area (Å²) in [6.07, 6.45) is 2.77. The molecule has 114 valence electrons. The molecule has 1 fully saturated rings. The van der Waals surface area contributed by atoms with E-state index in [1.165, 1.54) is 18.2 Å². The van der Waals surface area contributed by atoms with Gasteiger partial charge < -0.3 is 14.8 Å². The van der Waals surface area contributed by atoms with Crippen molar-refractivity contribution in [1.29, 1.82) is 0 Å². The molecule has 6 heteroatoms. The molecular formula is C16H14FNO4. The molecule has 1 aliphatic rings. The Morgan fingerprint density at radius 1 is 1.32 bits per heavy atom. The fourth-order valence-corrected chi connectivity index (χ4v) is 2.44. The third kappa shape index (κ3) is 2.72. The molecule has 0 bridgehead atoms. The molecule has 0 unspecified atom stereocenters. The normalized spacial score (nSPS) is 15.3. The number of hydrogen-bond donors (Lipinski definition) is 2. The van der Waals surface area contributed by atoms with E-state index in [4.69, 9.17) is 9.52 Å². The summed E-state index contributed by atoms with van der Waals surface area (Å²) in [7, 11) is 0. The molecule has 1 aromatic carbocycles. The zero-order valence-electron chi connectivity index (χ0n) is 11.6. The second kappa shape index (κ2) is 5.29. The van der Waals surface area contributed by atoms with Crippen LogP contribution in [0, 0.1) is 5.82 Å². The molecule has 1 amide bonds. The molecular weight excluding hydrogens is 289 g/mol. The topological polar surface area (TPSA) is 79.5 Å². The zero-order chi connectivity index (χ0) is 15.7. The van der Waals surface area contributed by atoms with Crippen LogP contribution in [0.3, 0.4) is 0 Å². The quantitative estimate of drug-likeness (QED) is 0.889. The van der Waals surface area contributed by atoms with Gasteiger partial charge in [0.15, 0.2) is 5.76 Å². The molecule has 0 spiro atoms. The molecule has 5 nitrogen and oxygen atoms in total. The van der Waals surface area contributed by atoms with Crippen molar-refractivity contribution in [1.82, 2.24) is 5.32 Å². The number of hydrogen-bond acceptors (Lipinski definition) is 3. The summed E-state index contributed by atoms with van der Waals surface area (Å²) in [4.78, 5) is 22.7. The number of carbonyl (C=O) groups excluding carboxylic acids is 1. The van der Waals surface area contributed by atoms with E-state index in [-0.39, 0.29) is 22.6 Å². The van der Waals surface area contributed by atoms with Gasteiger partial charge in [-0.15, -0.1) is 0 Å². The third-order valence-electron chi connectivity index (χ3n) is 3.95. The van der Waals surface area contributed by atoms with Crippen LogP contribution in [-0.4, -0.2) is 23.5 Å². The summed E-state index contributed by atoms with van der Waals surface area (Å²) in [6, 6.07) is 7.54. The average Bonchev–Trinajstić information content (AvgIpc) is 3.11. The molecule has 1 heterocycles. The lowest BCUT2D eigenvalue weighted by Crippen LogP contribution is -2.32. The molecule has 0 aliphatic heterocycles. The Kier molecular flexibility index (Phi) is 3.44. The number of rotatable bonds is 5. The van der Waals surface area contributed by atoms with E-state index in [0.29, 0.717) is 6.54 Å². The Hall–Kier alpha value is -2.63. The van der Waals surface area contributed by atoms with Crippen molar-refractivity contribution in [3.8, 4) is 0 Å². The highest BCUT2D eigenvalue weighted by molar-refractivity contribution is 5.95. The van der Waals surface area contributed by atoms with E-state index in [1.807, 2.05) is 6.07 Å². The molecule has 22 heavy (non-hydrogen) atoms. The van der Waals surface area contributed by atoms with Crippen molar-refractivity contribution in [3.05, 3.63) is 59.3 Å². The smallest absolute Gasteiger partial charge is 0.338 e. The molecule has 1 aliphatic carbocycles. The first-order chi connectivity index (χ1) is 10.5. The lowest BCUT2D eigenvalue weighted by Gasteiger charge is -2.16. The van der Waals surface area contributed by atoms with Crippen LogP contribution in [0.1, 0.15) is 39.3 Å². The summed E-state index contributed by atoms with van der Waals surface area (Å²) >= 11 is 0. The number of carbonyl (C=O) groups is 2. The van der Waals surface area contributed by atoms with E-state index in [1.54, 1.807) is 6.07 Å². The summed E-state index contributed by atoms with van der Waals surface area (Å²) in [5, 5.41) is 11.5. The zero-order valence-corrected chi connectivity index (χ0v) is 11.6. The number of benzene rings is 1. The predicted octanol–water partition coefficient (Wildman–Crippen LogP) is 2.58. The minimum absolute atomic E-state index is 0.0487. The number of carboxylic acid groups (broad SMARTS) is 1. The van der Waals surface area contributed by atoms with Gasteiger partial charge in [0.2, 0.25) is 0 Å². The van der Waals surface area contributed by atoms with Gasteiger partial charge in [0.25, 0.3) is 5.91 Å². The molecule has 1 aromatic heterocycles. The van der Waals surface area contributed by atoms with Crippen LogP contribution < -0.4 is 5.32 Å². The molecule has 0 radical (unpaired) electrons. The Bertz CT molecular complexity index is 733. The van der Waals surface area contributed by atoms with Crippen molar-refractivity contribution < 1.29 is 23.5 Å². The highest BCUT2D eigenvalue weighted by Crippen LogP contribution is 2.47. The summed E-state index contributed by atoms with van der Waals surface area (Å²) < 4.78 is 18.3. The number of aromatic carboxylic acids is 1. The maximum atomic E-state index is 13.3. The highest BCUT2D eigenvalue weighted by Gasteiger charge is 2.44. The second-order valence-corrected chi connectivity index (χ2v) is 5.48. The van der Waals surface area contributed by atoms with Gasteiger partial charge in [-0.25, -0.2) is 9.18 Å². The third-order valence-corrected chi connectivity index (χ3v) is 3.95. The lowest BCUT2D eigenvalue weighted by molar-refractivity contribution is 0.0696. The Balaban J connectivity index is 1.67. The minimum Gasteiger partial charge on any atom is -0.478 e. The maximum Gasteiger partial charge on any atom is 0.338 e. The van der Waals surface area contributed by atoms with E-state index in [2.05, 4.69) is 5.32 Å². The fraction of sp³-hybridized carbons (Fsp3) is 0.250. The van der Waals surface area contributed by atoms with Crippen molar-refractivity contribution in [3.63, 3.8) is 0 Å². The van der Waals surface area contributed by atoms with Crippen LogP contribution in [0.5, 0.6) is 0 Å². The van der Waals surface area contributed by atoms with Gasteiger partial charge in [0.1, 0.15) is 12.1 Å². The maximum absolute atomic E-state index is 13.3. The highest BCUT2D eigenvalue weighted by atomic mass is 19.1. The largest absolute Gasteiger partial charge is 0.478 e. The molecule has 2 aromatic rings. The van der Waals surface area contributed by atoms with Crippen molar-refractivity contribution in [2.45, 2.75) is 18.3 Å². The van der Waals surface area contributed by atoms with Crippen LogP contribution in [0.2, 0.25) is 0 Å². The van der Waals surface area contributed by atoms with Gasteiger partial charge >= 0.3 is 5.97 Å². The van der Waals surface area contributed by atoms with Crippen LogP contribution in [0.4, 0.5) is 4.39 Å². The van der Waals surface area contributed by atoms with E-state index in [9.17, 15) is 14.0 Å². The number of nitrogens with one attached hydrogen (secondary N) is 1. The molecule has 1 saturated carbocycles. The van der Waals surface area contributed by atoms with Gasteiger partial charge in [0, 0.05) is 18.0 Å². The molecule has 3 rings (SSSR count). The monoisotopic (exact) mass is 303 g/mol. The van der Waals surface area contributed by atoms with Crippen LogP contribution in [-0.2, 0) is 5.41 Å². The first-order valence-electron chi connectivity index (χ1n) is 6.86. The van der Waals surface area contributed by atoms with E-state index >= 15 is 0 Å². The average molecular weight is 303 g/mol. The van der Waals surface area contributed by atoms with Crippen molar-refractivity contribution >= 4 is 11.9 Å². The van der Waals surface area contributed by atoms with Gasteiger partial charge in [0.05, 0.1) is 5.56 Å². The standard InChI is InChI=1S/C16H14FNO4/c17-12-3-1-2-11(7-12)16(4-5-16)9-18-14(19)13-6-10(8-22-13)15(20)21/h1-3,6-8H,4-5,9H2,(H,18,19)(H,20,21). The van der Waals surface area contributed by atoms with Crippen LogP contribution >= 0.6 is 0 Å². The van der Waals surface area contributed by atoms with Gasteiger partial charge in [-0.3, -0.25) is 4.79 Å². The van der Waals surface area contributed by atoms with Gasteiger partial charge in [-0.1, -0.05) is 12.1 Å². The Morgan fingerprint density at radius 2 is 2.09 bits per heavy atom. The summed E-state index contributed by atoms with van der Waals surface area (Å²) in [6.45, 7) is 0.360. The van der Waals surface area contributed by atoms with Gasteiger partial charge in [-0.2, -0.15) is 0 Å². The van der Waals surface area contributed by atoms with E-state index < -0.39 is 11.9 Å². The first-order valence-corrected chi connectivity index (χ1v) is 6.86. The van der Waals surface area contributed by atoms with Crippen LogP contribution in [0.25, 0.3) is 0 Å². The molecule has 2 N–H and O–H groups in total. The summed E-state index contributed by atoms with van der Waals surface area (Å²) in [5.41, 5.74) is 0.551. The second-order valence-electron chi connectivity index (χ2n) is 5.48. The predicted molar refractivity (Wildman–Crippen MR) is 75.3 cm³/mol. The lowest BCUT2D eigenvalue weighted by atomic mass is 9.96. The number of furan rings is 1. The first kappa shape index (κ1) is 14.3. The van der Waals surface area contributed by atoms with Crippen LogP contribution in [0.15, 0.2) is 41.0 Å². The van der Waals surface area contributed by atoms with Crippen molar-refractivity contribution in [2.24, 2.45) is 0 Å². The van der Waals surface area contributed by atoms with Gasteiger partial charge in [-0.05, 0) is 30.5 Å². The number of amides is 1. The Labute approximate surface area is 125 Å². The number of halogens is 1. The number of carboxylic acids is 1. The molecule has 0 atom stereocenters. The molecule has 0 saturated heterocycles. The van der Waals surface area contributed by atoms with Crippen molar-refractivity contribution in [2.75, 3.05) is 6.54 Å². The Morgan fingerprint density at radius 3 is 2.68 bits per heavy atom. The fourth-order valence-electron chi connectivity index (χ4n) is 2.44. The minimum atomic E-state index is -1.15. The van der Waals surface area contributed by atoms with E-state index in [0.717, 1.165) is 24.7 Å². The summed E-state index contributed by atoms with van der Waals surface area (Å²) in [5.74, 6) is -1.98. The SMILES string of the molecule is O=C(O)c1coc(C(=O)NCC2(c3cccc(F)c3)CC2)c1.